The van der Waals surface area contributed by atoms with Gasteiger partial charge in [-0.05, 0) is 66.8 Å². The van der Waals surface area contributed by atoms with Crippen LogP contribution in [-0.2, 0) is 16.7 Å². The minimum atomic E-state index is -4.18. The second-order valence-corrected chi connectivity index (χ2v) is 9.82. The van der Waals surface area contributed by atoms with Crippen molar-refractivity contribution in [2.75, 3.05) is 0 Å². The van der Waals surface area contributed by atoms with E-state index in [9.17, 15) is 17.6 Å². The molecule has 0 saturated heterocycles. The van der Waals surface area contributed by atoms with E-state index in [2.05, 4.69) is 0 Å². The zero-order valence-electron chi connectivity index (χ0n) is 15.6. The number of carbonyl (C=O) groups is 1. The Morgan fingerprint density at radius 1 is 1.17 bits per heavy atom. The van der Waals surface area contributed by atoms with E-state index in [-0.39, 0.29) is 29.1 Å². The first-order chi connectivity index (χ1) is 14.3. The van der Waals surface area contributed by atoms with E-state index in [0.717, 1.165) is 37.1 Å². The molecule has 0 radical (unpaired) electrons. The molecule has 156 valence electrons. The summed E-state index contributed by atoms with van der Waals surface area (Å²) < 4.78 is 43.8. The van der Waals surface area contributed by atoms with Crippen LogP contribution in [0.1, 0.15) is 28.1 Å². The van der Waals surface area contributed by atoms with Gasteiger partial charge in [0.2, 0.25) is 0 Å². The highest BCUT2D eigenvalue weighted by Crippen LogP contribution is 2.34. The SMILES string of the molecule is O=C(c1cccs1)N(Cc1cc(Cl)ccc1OS(=O)(=O)c1ccc(F)cc1)C1CC1. The van der Waals surface area contributed by atoms with Crippen molar-refractivity contribution in [2.24, 2.45) is 0 Å². The van der Waals surface area contributed by atoms with Crippen molar-refractivity contribution in [3.63, 3.8) is 0 Å². The van der Waals surface area contributed by atoms with Crippen LogP contribution in [0.4, 0.5) is 4.39 Å². The minimum absolute atomic E-state index is 0.0772. The molecule has 5 nitrogen and oxygen atoms in total. The topological polar surface area (TPSA) is 63.7 Å². The Morgan fingerprint density at radius 3 is 2.53 bits per heavy atom. The molecule has 30 heavy (non-hydrogen) atoms. The zero-order chi connectivity index (χ0) is 21.3. The van der Waals surface area contributed by atoms with Gasteiger partial charge in [-0.3, -0.25) is 4.79 Å². The van der Waals surface area contributed by atoms with Gasteiger partial charge in [-0.1, -0.05) is 17.7 Å². The van der Waals surface area contributed by atoms with E-state index < -0.39 is 15.9 Å². The lowest BCUT2D eigenvalue weighted by molar-refractivity contribution is 0.0734. The first-order valence-electron chi connectivity index (χ1n) is 9.16. The zero-order valence-corrected chi connectivity index (χ0v) is 18.0. The number of carbonyl (C=O) groups excluding carboxylic acids is 1. The van der Waals surface area contributed by atoms with Crippen molar-refractivity contribution in [3.05, 3.63) is 81.3 Å². The highest BCUT2D eigenvalue weighted by molar-refractivity contribution is 7.87. The van der Waals surface area contributed by atoms with Gasteiger partial charge in [-0.15, -0.1) is 11.3 Å². The van der Waals surface area contributed by atoms with Crippen LogP contribution in [0, 0.1) is 5.82 Å². The summed E-state index contributed by atoms with van der Waals surface area (Å²) in [5, 5.41) is 2.23. The quantitative estimate of drug-likeness (QED) is 0.455. The molecule has 1 aliphatic rings. The molecule has 0 bridgehead atoms. The Bertz CT molecular complexity index is 1160. The minimum Gasteiger partial charge on any atom is -0.379 e. The predicted octanol–water partition coefficient (Wildman–Crippen LogP) is 5.11. The van der Waals surface area contributed by atoms with Gasteiger partial charge in [0, 0.05) is 16.6 Å². The van der Waals surface area contributed by atoms with Crippen molar-refractivity contribution in [1.29, 1.82) is 0 Å². The Labute approximate surface area is 182 Å². The molecular formula is C21H17ClFNO4S2. The number of hydrogen-bond acceptors (Lipinski definition) is 5. The van der Waals surface area contributed by atoms with Crippen LogP contribution in [0.15, 0.2) is 64.9 Å². The maximum absolute atomic E-state index is 13.1. The van der Waals surface area contributed by atoms with Gasteiger partial charge in [0.1, 0.15) is 16.5 Å². The van der Waals surface area contributed by atoms with Gasteiger partial charge >= 0.3 is 10.1 Å². The van der Waals surface area contributed by atoms with E-state index in [0.29, 0.717) is 15.5 Å². The summed E-state index contributed by atoms with van der Waals surface area (Å²) >= 11 is 7.49. The maximum atomic E-state index is 13.1. The van der Waals surface area contributed by atoms with Crippen LogP contribution in [-0.4, -0.2) is 25.3 Å². The standard InChI is InChI=1S/C21H17ClFNO4S2/c22-15-3-10-19(28-30(26,27)18-8-4-16(23)5-9-18)14(12-15)13-24(17-6-7-17)21(25)20-2-1-11-29-20/h1-5,8-12,17H,6-7,13H2. The lowest BCUT2D eigenvalue weighted by Crippen LogP contribution is -2.32. The van der Waals surface area contributed by atoms with Crippen LogP contribution >= 0.6 is 22.9 Å². The second-order valence-electron chi connectivity index (χ2n) is 6.88. The number of benzene rings is 2. The summed E-state index contributed by atoms with van der Waals surface area (Å²) in [6, 6.07) is 12.6. The molecule has 1 saturated carbocycles. The molecule has 3 aromatic rings. The summed E-state index contributed by atoms with van der Waals surface area (Å²) in [6.45, 7) is 0.163. The summed E-state index contributed by atoms with van der Waals surface area (Å²) in [7, 11) is -4.18. The lowest BCUT2D eigenvalue weighted by Gasteiger charge is -2.23. The Kier molecular flexibility index (Phi) is 5.81. The fourth-order valence-electron chi connectivity index (χ4n) is 3.00. The van der Waals surface area contributed by atoms with Gasteiger partial charge in [0.05, 0.1) is 11.4 Å². The number of rotatable bonds is 7. The van der Waals surface area contributed by atoms with Crippen LogP contribution in [0.3, 0.4) is 0 Å². The smallest absolute Gasteiger partial charge is 0.339 e. The number of amides is 1. The normalized spacial score (nSPS) is 13.8. The van der Waals surface area contributed by atoms with E-state index >= 15 is 0 Å². The molecule has 0 atom stereocenters. The predicted molar refractivity (Wildman–Crippen MR) is 113 cm³/mol. The molecule has 0 aliphatic heterocycles. The van der Waals surface area contributed by atoms with E-state index in [1.54, 1.807) is 17.0 Å². The van der Waals surface area contributed by atoms with Gasteiger partial charge in [-0.25, -0.2) is 4.39 Å². The van der Waals surface area contributed by atoms with Crippen LogP contribution < -0.4 is 4.18 Å². The van der Waals surface area contributed by atoms with Gasteiger partial charge in [-0.2, -0.15) is 8.42 Å². The first-order valence-corrected chi connectivity index (χ1v) is 11.8. The summed E-state index contributed by atoms with van der Waals surface area (Å²) in [4.78, 5) is 15.1. The van der Waals surface area contributed by atoms with Crippen molar-refractivity contribution in [3.8, 4) is 5.75 Å². The van der Waals surface area contributed by atoms with Crippen molar-refractivity contribution >= 4 is 39.0 Å². The molecule has 1 fully saturated rings. The third-order valence-electron chi connectivity index (χ3n) is 4.65. The average molecular weight is 466 g/mol. The van der Waals surface area contributed by atoms with E-state index in [4.69, 9.17) is 15.8 Å². The average Bonchev–Trinajstić information content (AvgIpc) is 3.40. The highest BCUT2D eigenvalue weighted by atomic mass is 35.5. The van der Waals surface area contributed by atoms with Gasteiger partial charge in [0.25, 0.3) is 5.91 Å². The molecule has 1 amide bonds. The highest BCUT2D eigenvalue weighted by Gasteiger charge is 2.34. The summed E-state index contributed by atoms with van der Waals surface area (Å²) in [5.41, 5.74) is 0.477. The third-order valence-corrected chi connectivity index (χ3v) is 6.99. The molecule has 0 spiro atoms. The summed E-state index contributed by atoms with van der Waals surface area (Å²) in [5.74, 6) is -0.582. The molecule has 1 heterocycles. The Hall–Kier alpha value is -2.42. The van der Waals surface area contributed by atoms with Gasteiger partial charge < -0.3 is 9.08 Å². The molecule has 0 N–H and O–H groups in total. The lowest BCUT2D eigenvalue weighted by atomic mass is 10.2. The number of hydrogen-bond donors (Lipinski definition) is 0. The molecule has 1 aliphatic carbocycles. The fraction of sp³-hybridized carbons (Fsp3) is 0.190. The molecule has 1 aromatic heterocycles. The van der Waals surface area contributed by atoms with Crippen molar-refractivity contribution < 1.29 is 21.8 Å². The second kappa shape index (κ2) is 8.37. The van der Waals surface area contributed by atoms with Gasteiger partial charge in [0.15, 0.2) is 0 Å². The number of thiophene rings is 1. The first kappa shape index (κ1) is 20.8. The number of nitrogens with zero attached hydrogens (tertiary/aromatic N) is 1. The fourth-order valence-corrected chi connectivity index (χ4v) is 4.84. The van der Waals surface area contributed by atoms with E-state index in [1.165, 1.54) is 23.5 Å². The number of halogens is 2. The third kappa shape index (κ3) is 4.66. The Balaban J connectivity index is 1.63. The van der Waals surface area contributed by atoms with E-state index in [1.807, 2.05) is 11.4 Å². The molecular weight excluding hydrogens is 449 g/mol. The van der Waals surface area contributed by atoms with Crippen molar-refractivity contribution in [1.82, 2.24) is 4.90 Å². The maximum Gasteiger partial charge on any atom is 0.339 e. The largest absolute Gasteiger partial charge is 0.379 e. The summed E-state index contributed by atoms with van der Waals surface area (Å²) in [6.07, 6.45) is 1.78. The van der Waals surface area contributed by atoms with Crippen molar-refractivity contribution in [2.45, 2.75) is 30.3 Å². The van der Waals surface area contributed by atoms with Crippen LogP contribution in [0.2, 0.25) is 5.02 Å². The Morgan fingerprint density at radius 2 is 1.90 bits per heavy atom. The van der Waals surface area contributed by atoms with Crippen LogP contribution in [0.5, 0.6) is 5.75 Å². The molecule has 9 heteroatoms. The molecule has 4 rings (SSSR count). The molecule has 0 unspecified atom stereocenters. The van der Waals surface area contributed by atoms with Crippen LogP contribution in [0.25, 0.3) is 0 Å². The molecule has 2 aromatic carbocycles. The monoisotopic (exact) mass is 465 g/mol.